The zero-order valence-electron chi connectivity index (χ0n) is 25.0. The van der Waals surface area contributed by atoms with Crippen LogP contribution in [0.15, 0.2) is 72.8 Å². The third-order valence-corrected chi connectivity index (χ3v) is 8.61. The van der Waals surface area contributed by atoms with Gasteiger partial charge in [-0.1, -0.05) is 80.1 Å². The lowest BCUT2D eigenvalue weighted by molar-refractivity contribution is -0.146. The molecule has 1 heterocycles. The van der Waals surface area contributed by atoms with Crippen molar-refractivity contribution in [3.63, 3.8) is 0 Å². The lowest BCUT2D eigenvalue weighted by atomic mass is 9.99. The first-order chi connectivity index (χ1) is 20.8. The Balaban J connectivity index is 1.41. The minimum atomic E-state index is -1.55. The monoisotopic (exact) mass is 603 g/mol. The van der Waals surface area contributed by atoms with Gasteiger partial charge in [0.05, 0.1) is 11.9 Å². The molecular weight excluding hydrogens is 562 g/mol. The molecule has 1 aliphatic rings. The van der Waals surface area contributed by atoms with E-state index >= 15 is 0 Å². The third kappa shape index (κ3) is 8.84. The number of nitrogens with one attached hydrogen (secondary N) is 2. The van der Waals surface area contributed by atoms with Gasteiger partial charge in [0, 0.05) is 12.3 Å². The number of rotatable bonds is 13. The Morgan fingerprint density at radius 3 is 2.47 bits per heavy atom. The molecular formula is C34H41N3O5S. The maximum Gasteiger partial charge on any atom is 0.258 e. The molecule has 8 nitrogen and oxygen atoms in total. The van der Waals surface area contributed by atoms with Crippen molar-refractivity contribution in [3.05, 3.63) is 101 Å². The fourth-order valence-corrected chi connectivity index (χ4v) is 6.31. The summed E-state index contributed by atoms with van der Waals surface area (Å²) < 4.78 is 5.80. The second-order valence-corrected chi connectivity index (χ2v) is 11.9. The number of carbonyl (C=O) groups excluding carboxylic acids is 3. The summed E-state index contributed by atoms with van der Waals surface area (Å²) in [6.45, 7) is 6.14. The summed E-state index contributed by atoms with van der Waals surface area (Å²) in [7, 11) is 0. The highest BCUT2D eigenvalue weighted by atomic mass is 32.2. The molecule has 0 saturated carbocycles. The number of hydrogen-bond acceptors (Lipinski definition) is 6. The quantitative estimate of drug-likeness (QED) is 0.273. The maximum atomic E-state index is 13.6. The average molecular weight is 604 g/mol. The number of ether oxygens (including phenoxy) is 1. The highest BCUT2D eigenvalue weighted by molar-refractivity contribution is 7.99. The molecule has 3 atom stereocenters. The average Bonchev–Trinajstić information content (AvgIpc) is 3.50. The van der Waals surface area contributed by atoms with Gasteiger partial charge >= 0.3 is 0 Å². The van der Waals surface area contributed by atoms with E-state index in [0.717, 1.165) is 35.1 Å². The van der Waals surface area contributed by atoms with E-state index in [1.807, 2.05) is 80.6 Å². The Bertz CT molecular complexity index is 1400. The minimum Gasteiger partial charge on any atom is -0.484 e. The molecule has 0 aliphatic carbocycles. The Morgan fingerprint density at radius 2 is 1.74 bits per heavy atom. The van der Waals surface area contributed by atoms with Crippen LogP contribution in [0.3, 0.4) is 0 Å². The Morgan fingerprint density at radius 1 is 1.00 bits per heavy atom. The van der Waals surface area contributed by atoms with Crippen LogP contribution in [0, 0.1) is 13.8 Å². The van der Waals surface area contributed by atoms with Crippen molar-refractivity contribution in [3.8, 4) is 5.75 Å². The number of aliphatic hydroxyl groups is 1. The minimum absolute atomic E-state index is 0.232. The molecule has 0 spiro atoms. The smallest absolute Gasteiger partial charge is 0.258 e. The number of carbonyl (C=O) groups is 3. The number of nitrogens with zero attached hydrogens (tertiary/aromatic N) is 1. The van der Waals surface area contributed by atoms with E-state index < -0.39 is 30.0 Å². The van der Waals surface area contributed by atoms with Crippen molar-refractivity contribution < 1.29 is 24.2 Å². The van der Waals surface area contributed by atoms with Crippen LogP contribution in [0.5, 0.6) is 5.75 Å². The van der Waals surface area contributed by atoms with Gasteiger partial charge in [0.2, 0.25) is 5.91 Å². The molecule has 1 aliphatic heterocycles. The summed E-state index contributed by atoms with van der Waals surface area (Å²) in [6, 6.07) is 21.4. The van der Waals surface area contributed by atoms with E-state index in [2.05, 4.69) is 23.6 Å². The number of amides is 3. The predicted molar refractivity (Wildman–Crippen MR) is 170 cm³/mol. The van der Waals surface area contributed by atoms with Gasteiger partial charge in [0.15, 0.2) is 12.7 Å². The van der Waals surface area contributed by atoms with Crippen LogP contribution in [0.25, 0.3) is 0 Å². The van der Waals surface area contributed by atoms with Crippen molar-refractivity contribution in [1.29, 1.82) is 0 Å². The van der Waals surface area contributed by atoms with Gasteiger partial charge in [-0.3, -0.25) is 14.4 Å². The molecule has 0 bridgehead atoms. The SMILES string of the molecule is CCCc1ccc(OCC(=O)N[C@@H](Cc2ccccc2)[C@H](O)C(=O)N2CSC[C@H]2C(=O)NCc2ccccc2C)c(C)c1. The lowest BCUT2D eigenvalue weighted by Crippen LogP contribution is -2.56. The molecule has 3 aromatic carbocycles. The molecule has 9 heteroatoms. The molecule has 0 aromatic heterocycles. The fraction of sp³-hybridized carbons (Fsp3) is 0.382. The van der Waals surface area contributed by atoms with Crippen LogP contribution < -0.4 is 15.4 Å². The highest BCUT2D eigenvalue weighted by Gasteiger charge is 2.40. The van der Waals surface area contributed by atoms with Crippen LogP contribution >= 0.6 is 11.8 Å². The van der Waals surface area contributed by atoms with E-state index in [9.17, 15) is 19.5 Å². The molecule has 3 amide bonds. The van der Waals surface area contributed by atoms with E-state index in [-0.39, 0.29) is 24.8 Å². The highest BCUT2D eigenvalue weighted by Crippen LogP contribution is 2.24. The maximum absolute atomic E-state index is 13.6. The molecule has 43 heavy (non-hydrogen) atoms. The summed E-state index contributed by atoms with van der Waals surface area (Å²) in [5.74, 6) is 0.00317. The lowest BCUT2D eigenvalue weighted by Gasteiger charge is -2.30. The number of thioether (sulfide) groups is 1. The van der Waals surface area contributed by atoms with E-state index in [1.165, 1.54) is 22.2 Å². The number of hydrogen-bond donors (Lipinski definition) is 3. The molecule has 1 fully saturated rings. The first-order valence-corrected chi connectivity index (χ1v) is 15.9. The standard InChI is InChI=1S/C34H41N3O5S/c1-4-10-25-15-16-30(24(3)17-25)42-20-31(38)36-28(18-26-12-6-5-7-13-26)32(39)34(41)37-22-43-21-29(37)33(40)35-19-27-14-9-8-11-23(27)2/h5-9,11-17,28-29,32,39H,4,10,18-22H2,1-3H3,(H,35,40)(H,36,38)/t28-,29-,32-/m0/s1. The van der Waals surface area contributed by atoms with E-state index in [1.54, 1.807) is 0 Å². The van der Waals surface area contributed by atoms with Crippen molar-refractivity contribution in [2.45, 2.75) is 64.8 Å². The van der Waals surface area contributed by atoms with Crippen LogP contribution in [0.1, 0.15) is 41.2 Å². The molecule has 228 valence electrons. The zero-order valence-corrected chi connectivity index (χ0v) is 25.9. The van der Waals surface area contributed by atoms with Gasteiger partial charge in [-0.05, 0) is 60.6 Å². The van der Waals surface area contributed by atoms with Crippen LogP contribution in [0.2, 0.25) is 0 Å². The second-order valence-electron chi connectivity index (χ2n) is 10.9. The molecule has 4 rings (SSSR count). The normalized spacial score (nSPS) is 15.9. The summed E-state index contributed by atoms with van der Waals surface area (Å²) >= 11 is 1.46. The summed E-state index contributed by atoms with van der Waals surface area (Å²) in [5.41, 5.74) is 5.07. The second kappa shape index (κ2) is 15.6. The summed E-state index contributed by atoms with van der Waals surface area (Å²) in [6.07, 6.45) is 0.694. The zero-order chi connectivity index (χ0) is 30.8. The number of aliphatic hydroxyl groups excluding tert-OH is 1. The number of benzene rings is 3. The van der Waals surface area contributed by atoms with Gasteiger partial charge in [-0.25, -0.2) is 0 Å². The van der Waals surface area contributed by atoms with Crippen LogP contribution in [-0.2, 0) is 33.8 Å². The van der Waals surface area contributed by atoms with Gasteiger partial charge in [-0.15, -0.1) is 11.8 Å². The fourth-order valence-electron chi connectivity index (χ4n) is 5.15. The molecule has 3 aromatic rings. The predicted octanol–water partition coefficient (Wildman–Crippen LogP) is 3.94. The first-order valence-electron chi connectivity index (χ1n) is 14.7. The van der Waals surface area contributed by atoms with Gasteiger partial charge in [-0.2, -0.15) is 0 Å². The molecule has 3 N–H and O–H groups in total. The topological polar surface area (TPSA) is 108 Å². The van der Waals surface area contributed by atoms with Crippen molar-refractivity contribution in [1.82, 2.24) is 15.5 Å². The summed E-state index contributed by atoms with van der Waals surface area (Å²) in [5, 5.41) is 17.1. The Kier molecular flexibility index (Phi) is 11.6. The number of aryl methyl sites for hydroxylation is 3. The molecule has 0 unspecified atom stereocenters. The Labute approximate surface area is 258 Å². The van der Waals surface area contributed by atoms with Crippen LogP contribution in [-0.4, -0.2) is 64.2 Å². The summed E-state index contributed by atoms with van der Waals surface area (Å²) in [4.78, 5) is 41.2. The van der Waals surface area contributed by atoms with Gasteiger partial charge in [0.25, 0.3) is 11.8 Å². The van der Waals surface area contributed by atoms with Crippen LogP contribution in [0.4, 0.5) is 0 Å². The third-order valence-electron chi connectivity index (χ3n) is 7.60. The van der Waals surface area contributed by atoms with Gasteiger partial charge < -0.3 is 25.4 Å². The van der Waals surface area contributed by atoms with Crippen molar-refractivity contribution in [2.75, 3.05) is 18.2 Å². The van der Waals surface area contributed by atoms with Crippen molar-refractivity contribution in [2.24, 2.45) is 0 Å². The largest absolute Gasteiger partial charge is 0.484 e. The molecule has 1 saturated heterocycles. The van der Waals surface area contributed by atoms with Gasteiger partial charge in [0.1, 0.15) is 11.8 Å². The Hall–Kier alpha value is -3.82. The van der Waals surface area contributed by atoms with Crippen molar-refractivity contribution >= 4 is 29.5 Å². The van der Waals surface area contributed by atoms with E-state index in [0.29, 0.717) is 18.0 Å². The first kappa shape index (κ1) is 32.1. The van der Waals surface area contributed by atoms with E-state index in [4.69, 9.17) is 4.74 Å². The molecule has 0 radical (unpaired) electrons.